The fourth-order valence-electron chi connectivity index (χ4n) is 2.62. The van der Waals surface area contributed by atoms with Gasteiger partial charge in [0.2, 0.25) is 0 Å². The summed E-state index contributed by atoms with van der Waals surface area (Å²) >= 11 is 6.17. The smallest absolute Gasteiger partial charge is 0.136 e. The van der Waals surface area contributed by atoms with E-state index in [2.05, 4.69) is 0 Å². The first-order chi connectivity index (χ1) is 11.8. The van der Waals surface area contributed by atoms with E-state index in [1.807, 2.05) is 84.9 Å². The third-order valence-electron chi connectivity index (χ3n) is 3.77. The van der Waals surface area contributed by atoms with Gasteiger partial charge in [-0.1, -0.05) is 60.1 Å². The highest BCUT2D eigenvalue weighted by Crippen LogP contribution is 2.24. The van der Waals surface area contributed by atoms with E-state index >= 15 is 0 Å². The second kappa shape index (κ2) is 6.34. The SMILES string of the molecule is Clc1ccc2oc(-c3ccccc3)cc(=Nc3ccccc3)c2c1. The van der Waals surface area contributed by atoms with E-state index in [9.17, 15) is 0 Å². The predicted octanol–water partition coefficient (Wildman–Crippen LogP) is 5.99. The third kappa shape index (κ3) is 2.97. The van der Waals surface area contributed by atoms with Gasteiger partial charge in [0, 0.05) is 22.0 Å². The maximum atomic E-state index is 6.17. The Morgan fingerprint density at radius 2 is 1.46 bits per heavy atom. The van der Waals surface area contributed by atoms with E-state index in [1.165, 1.54) is 0 Å². The third-order valence-corrected chi connectivity index (χ3v) is 4.00. The van der Waals surface area contributed by atoms with Crippen LogP contribution >= 0.6 is 11.6 Å². The summed E-state index contributed by atoms with van der Waals surface area (Å²) in [5.74, 6) is 0.778. The van der Waals surface area contributed by atoms with Crippen molar-refractivity contribution in [2.75, 3.05) is 0 Å². The number of halogens is 1. The average molecular weight is 332 g/mol. The highest BCUT2D eigenvalue weighted by atomic mass is 35.5. The summed E-state index contributed by atoms with van der Waals surface area (Å²) in [6.45, 7) is 0. The lowest BCUT2D eigenvalue weighted by atomic mass is 10.1. The van der Waals surface area contributed by atoms with Crippen molar-refractivity contribution in [2.45, 2.75) is 0 Å². The molecule has 4 aromatic rings. The van der Waals surface area contributed by atoms with Crippen LogP contribution in [0.3, 0.4) is 0 Å². The Bertz CT molecular complexity index is 1050. The minimum Gasteiger partial charge on any atom is -0.456 e. The lowest BCUT2D eigenvalue weighted by Gasteiger charge is -2.05. The summed E-state index contributed by atoms with van der Waals surface area (Å²) in [4.78, 5) is 4.78. The molecule has 0 radical (unpaired) electrons. The molecule has 0 aliphatic heterocycles. The van der Waals surface area contributed by atoms with Gasteiger partial charge in [-0.3, -0.25) is 0 Å². The maximum Gasteiger partial charge on any atom is 0.136 e. The van der Waals surface area contributed by atoms with Crippen molar-refractivity contribution in [3.05, 3.63) is 95.3 Å². The van der Waals surface area contributed by atoms with Gasteiger partial charge in [-0.05, 0) is 30.3 Å². The van der Waals surface area contributed by atoms with Gasteiger partial charge >= 0.3 is 0 Å². The average Bonchev–Trinajstić information content (AvgIpc) is 2.63. The normalized spacial score (nSPS) is 11.8. The van der Waals surface area contributed by atoms with Crippen molar-refractivity contribution in [2.24, 2.45) is 4.99 Å². The molecule has 0 amide bonds. The first-order valence-corrected chi connectivity index (χ1v) is 8.06. The van der Waals surface area contributed by atoms with Crippen LogP contribution in [0.5, 0.6) is 0 Å². The molecule has 0 N–H and O–H groups in total. The van der Waals surface area contributed by atoms with Crippen molar-refractivity contribution >= 4 is 28.3 Å². The van der Waals surface area contributed by atoms with E-state index in [0.717, 1.165) is 33.3 Å². The summed E-state index contributed by atoms with van der Waals surface area (Å²) in [6.07, 6.45) is 0. The monoisotopic (exact) mass is 331 g/mol. The van der Waals surface area contributed by atoms with Crippen molar-refractivity contribution in [3.63, 3.8) is 0 Å². The topological polar surface area (TPSA) is 25.5 Å². The molecule has 0 aliphatic carbocycles. The molecule has 0 atom stereocenters. The van der Waals surface area contributed by atoms with Gasteiger partial charge in [0.15, 0.2) is 0 Å². The summed E-state index contributed by atoms with van der Waals surface area (Å²) in [7, 11) is 0. The standard InChI is InChI=1S/C21H14ClNO/c22-16-11-12-20-18(13-16)19(23-17-9-5-2-6-10-17)14-21(24-20)15-7-3-1-4-8-15/h1-14H. The molecule has 116 valence electrons. The van der Waals surface area contributed by atoms with E-state index in [1.54, 1.807) is 0 Å². The molecule has 4 rings (SSSR count). The van der Waals surface area contributed by atoms with Crippen LogP contribution < -0.4 is 5.36 Å². The van der Waals surface area contributed by atoms with Crippen LogP contribution in [-0.2, 0) is 0 Å². The minimum atomic E-state index is 0.662. The lowest BCUT2D eigenvalue weighted by Crippen LogP contribution is -2.03. The molecule has 0 bridgehead atoms. The van der Waals surface area contributed by atoms with Gasteiger partial charge in [0.05, 0.1) is 11.0 Å². The van der Waals surface area contributed by atoms with Crippen molar-refractivity contribution < 1.29 is 4.42 Å². The van der Waals surface area contributed by atoms with E-state index in [-0.39, 0.29) is 0 Å². The van der Waals surface area contributed by atoms with Crippen LogP contribution in [0.15, 0.2) is 94.3 Å². The van der Waals surface area contributed by atoms with Crippen LogP contribution in [0.2, 0.25) is 5.02 Å². The van der Waals surface area contributed by atoms with Crippen LogP contribution in [0.4, 0.5) is 5.69 Å². The number of para-hydroxylation sites is 1. The van der Waals surface area contributed by atoms with Crippen molar-refractivity contribution in [3.8, 4) is 11.3 Å². The quantitative estimate of drug-likeness (QED) is 0.443. The Kier molecular flexibility index (Phi) is 3.89. The van der Waals surface area contributed by atoms with Gasteiger partial charge in [0.1, 0.15) is 11.3 Å². The van der Waals surface area contributed by atoms with Gasteiger partial charge in [-0.15, -0.1) is 0 Å². The van der Waals surface area contributed by atoms with Crippen molar-refractivity contribution in [1.82, 2.24) is 0 Å². The molecule has 3 aromatic carbocycles. The second-order valence-electron chi connectivity index (χ2n) is 5.45. The predicted molar refractivity (Wildman–Crippen MR) is 98.3 cm³/mol. The Morgan fingerprint density at radius 3 is 2.21 bits per heavy atom. The zero-order chi connectivity index (χ0) is 16.4. The van der Waals surface area contributed by atoms with Crippen LogP contribution in [0.25, 0.3) is 22.3 Å². The van der Waals surface area contributed by atoms with Gasteiger partial charge in [-0.2, -0.15) is 0 Å². The van der Waals surface area contributed by atoms with Gasteiger partial charge in [0.25, 0.3) is 0 Å². The Balaban J connectivity index is 2.02. The highest BCUT2D eigenvalue weighted by molar-refractivity contribution is 6.31. The largest absolute Gasteiger partial charge is 0.456 e. The molecule has 1 heterocycles. The molecular weight excluding hydrogens is 318 g/mol. The second-order valence-corrected chi connectivity index (χ2v) is 5.89. The minimum absolute atomic E-state index is 0.662. The summed E-state index contributed by atoms with van der Waals surface area (Å²) < 4.78 is 6.06. The maximum absolute atomic E-state index is 6.17. The molecule has 2 nitrogen and oxygen atoms in total. The molecule has 3 heteroatoms. The molecule has 0 saturated heterocycles. The number of nitrogens with zero attached hydrogens (tertiary/aromatic N) is 1. The van der Waals surface area contributed by atoms with Gasteiger partial charge in [-0.25, -0.2) is 4.99 Å². The van der Waals surface area contributed by atoms with E-state index < -0.39 is 0 Å². The van der Waals surface area contributed by atoms with Crippen LogP contribution in [0, 0.1) is 0 Å². The number of fused-ring (bicyclic) bond motifs is 1. The van der Waals surface area contributed by atoms with Crippen LogP contribution in [-0.4, -0.2) is 0 Å². The molecule has 24 heavy (non-hydrogen) atoms. The molecule has 0 aliphatic rings. The Morgan fingerprint density at radius 1 is 0.750 bits per heavy atom. The molecular formula is C21H14ClNO. The zero-order valence-corrected chi connectivity index (χ0v) is 13.6. The van der Waals surface area contributed by atoms with Gasteiger partial charge < -0.3 is 4.42 Å². The Labute approximate surface area is 144 Å². The molecule has 0 fully saturated rings. The summed E-state index contributed by atoms with van der Waals surface area (Å²) in [5, 5.41) is 2.39. The van der Waals surface area contributed by atoms with Crippen molar-refractivity contribution in [1.29, 1.82) is 0 Å². The van der Waals surface area contributed by atoms with Crippen LogP contribution in [0.1, 0.15) is 0 Å². The first-order valence-electron chi connectivity index (χ1n) is 7.68. The fraction of sp³-hybridized carbons (Fsp3) is 0. The first kappa shape index (κ1) is 14.7. The zero-order valence-electron chi connectivity index (χ0n) is 12.8. The number of hydrogen-bond acceptors (Lipinski definition) is 2. The highest BCUT2D eigenvalue weighted by Gasteiger charge is 2.06. The van der Waals surface area contributed by atoms with E-state index in [0.29, 0.717) is 5.02 Å². The fourth-order valence-corrected chi connectivity index (χ4v) is 2.79. The summed E-state index contributed by atoms with van der Waals surface area (Å²) in [6, 6.07) is 27.4. The number of hydrogen-bond donors (Lipinski definition) is 0. The number of rotatable bonds is 2. The molecule has 0 spiro atoms. The molecule has 1 aromatic heterocycles. The Hall–Kier alpha value is -2.84. The number of benzene rings is 3. The lowest BCUT2D eigenvalue weighted by molar-refractivity contribution is 0.618. The van der Waals surface area contributed by atoms with E-state index in [4.69, 9.17) is 21.0 Å². The molecule has 0 saturated carbocycles. The molecule has 0 unspecified atom stereocenters. The summed E-state index contributed by atoms with van der Waals surface area (Å²) in [5.41, 5.74) is 2.67.